The van der Waals surface area contributed by atoms with E-state index in [9.17, 15) is 4.79 Å². The number of hydrogen-bond acceptors (Lipinski definition) is 6. The van der Waals surface area contributed by atoms with Crippen molar-refractivity contribution in [1.82, 2.24) is 10.2 Å². The first-order chi connectivity index (χ1) is 11.7. The van der Waals surface area contributed by atoms with E-state index in [0.29, 0.717) is 10.9 Å². The second-order valence-corrected chi connectivity index (χ2v) is 7.22. The largest absolute Gasteiger partial charge is 0.330 e. The number of carbonyl (C=O) groups excluding carboxylic acids is 1. The first kappa shape index (κ1) is 16.5. The van der Waals surface area contributed by atoms with Gasteiger partial charge in [0.15, 0.2) is 4.34 Å². The molecule has 24 heavy (non-hydrogen) atoms. The van der Waals surface area contributed by atoms with Crippen LogP contribution in [0.15, 0.2) is 58.9 Å². The Bertz CT molecular complexity index is 820. The highest BCUT2D eigenvalue weighted by Gasteiger charge is 2.09. The Morgan fingerprint density at radius 1 is 1.08 bits per heavy atom. The number of aryl methyl sites for hydroxylation is 1. The van der Waals surface area contributed by atoms with Crippen LogP contribution < -0.4 is 10.6 Å². The van der Waals surface area contributed by atoms with Gasteiger partial charge in [0.2, 0.25) is 11.0 Å². The lowest BCUT2D eigenvalue weighted by Gasteiger charge is -2.06. The molecule has 2 aromatic carbocycles. The van der Waals surface area contributed by atoms with Crippen molar-refractivity contribution in [2.45, 2.75) is 11.3 Å². The van der Waals surface area contributed by atoms with E-state index in [2.05, 4.69) is 20.8 Å². The highest BCUT2D eigenvalue weighted by Crippen LogP contribution is 2.27. The van der Waals surface area contributed by atoms with Crippen molar-refractivity contribution >= 4 is 45.5 Å². The van der Waals surface area contributed by atoms with Crippen molar-refractivity contribution in [3.63, 3.8) is 0 Å². The van der Waals surface area contributed by atoms with E-state index in [1.54, 1.807) is 0 Å². The molecule has 2 N–H and O–H groups in total. The lowest BCUT2D eigenvalue weighted by Crippen LogP contribution is -2.14. The Hall–Kier alpha value is -2.38. The molecule has 1 heterocycles. The highest BCUT2D eigenvalue weighted by atomic mass is 32.2. The Labute approximate surface area is 148 Å². The fourth-order valence-electron chi connectivity index (χ4n) is 1.99. The van der Waals surface area contributed by atoms with Crippen LogP contribution in [0.2, 0.25) is 0 Å². The van der Waals surface area contributed by atoms with Crippen LogP contribution >= 0.6 is 23.1 Å². The van der Waals surface area contributed by atoms with Gasteiger partial charge in [0.25, 0.3) is 0 Å². The SMILES string of the molecule is Cc1ccccc1NC(=O)CSc1nnc(Nc2ccccc2)s1. The molecule has 0 radical (unpaired) electrons. The summed E-state index contributed by atoms with van der Waals surface area (Å²) in [7, 11) is 0. The smallest absolute Gasteiger partial charge is 0.234 e. The van der Waals surface area contributed by atoms with Gasteiger partial charge in [0.05, 0.1) is 5.75 Å². The second kappa shape index (κ2) is 7.94. The van der Waals surface area contributed by atoms with Crippen molar-refractivity contribution in [3.8, 4) is 0 Å². The van der Waals surface area contributed by atoms with E-state index in [0.717, 1.165) is 21.3 Å². The lowest BCUT2D eigenvalue weighted by molar-refractivity contribution is -0.113. The summed E-state index contributed by atoms with van der Waals surface area (Å²) in [5, 5.41) is 15.0. The van der Waals surface area contributed by atoms with Crippen LogP contribution in [0.4, 0.5) is 16.5 Å². The van der Waals surface area contributed by atoms with Gasteiger partial charge in [0.1, 0.15) is 0 Å². The number of hydrogen-bond donors (Lipinski definition) is 2. The topological polar surface area (TPSA) is 66.9 Å². The minimum atomic E-state index is -0.0536. The Kier molecular flexibility index (Phi) is 5.45. The highest BCUT2D eigenvalue weighted by molar-refractivity contribution is 8.01. The van der Waals surface area contributed by atoms with Crippen LogP contribution in [0, 0.1) is 6.92 Å². The summed E-state index contributed by atoms with van der Waals surface area (Å²) in [5.41, 5.74) is 2.84. The number of nitrogens with zero attached hydrogens (tertiary/aromatic N) is 2. The van der Waals surface area contributed by atoms with Gasteiger partial charge in [-0.05, 0) is 30.7 Å². The third-order valence-corrected chi connectivity index (χ3v) is 5.15. The summed E-state index contributed by atoms with van der Waals surface area (Å²) < 4.78 is 0.758. The fraction of sp³-hybridized carbons (Fsp3) is 0.118. The first-order valence-electron chi connectivity index (χ1n) is 7.34. The summed E-state index contributed by atoms with van der Waals surface area (Å²) in [6.07, 6.45) is 0. The molecule has 0 bridgehead atoms. The van der Waals surface area contributed by atoms with E-state index in [1.165, 1.54) is 23.1 Å². The van der Waals surface area contributed by atoms with Crippen LogP contribution in [0.5, 0.6) is 0 Å². The predicted octanol–water partition coefficient (Wildman–Crippen LogP) is 4.32. The Morgan fingerprint density at radius 2 is 1.83 bits per heavy atom. The maximum atomic E-state index is 12.0. The number of benzene rings is 2. The molecule has 0 saturated heterocycles. The second-order valence-electron chi connectivity index (χ2n) is 5.02. The summed E-state index contributed by atoms with van der Waals surface area (Å²) in [4.78, 5) is 12.0. The monoisotopic (exact) mass is 356 g/mol. The number of para-hydroxylation sites is 2. The molecule has 0 aliphatic rings. The molecular formula is C17H16N4OS2. The van der Waals surface area contributed by atoms with Gasteiger partial charge in [-0.1, -0.05) is 59.5 Å². The van der Waals surface area contributed by atoms with Crippen molar-refractivity contribution < 1.29 is 4.79 Å². The third kappa shape index (κ3) is 4.56. The van der Waals surface area contributed by atoms with Gasteiger partial charge < -0.3 is 10.6 Å². The molecule has 1 aromatic heterocycles. The average Bonchev–Trinajstić information content (AvgIpc) is 3.03. The number of carbonyl (C=O) groups is 1. The molecule has 1 amide bonds. The molecule has 5 nitrogen and oxygen atoms in total. The molecule has 0 spiro atoms. The van der Waals surface area contributed by atoms with Gasteiger partial charge in [-0.15, -0.1) is 10.2 Å². The van der Waals surface area contributed by atoms with Gasteiger partial charge in [0, 0.05) is 11.4 Å². The Morgan fingerprint density at radius 3 is 2.62 bits per heavy atom. The average molecular weight is 356 g/mol. The number of aromatic nitrogens is 2. The zero-order valence-electron chi connectivity index (χ0n) is 13.0. The molecule has 3 rings (SSSR count). The maximum absolute atomic E-state index is 12.0. The van der Waals surface area contributed by atoms with E-state index in [4.69, 9.17) is 0 Å². The number of thioether (sulfide) groups is 1. The van der Waals surface area contributed by atoms with Crippen LogP contribution in [0.25, 0.3) is 0 Å². The molecule has 0 atom stereocenters. The van der Waals surface area contributed by atoms with E-state index in [1.807, 2.05) is 61.5 Å². The van der Waals surface area contributed by atoms with Gasteiger partial charge in [-0.3, -0.25) is 4.79 Å². The number of rotatable bonds is 6. The van der Waals surface area contributed by atoms with Crippen LogP contribution in [0.3, 0.4) is 0 Å². The molecule has 0 aliphatic carbocycles. The van der Waals surface area contributed by atoms with Crippen molar-refractivity contribution in [2.75, 3.05) is 16.4 Å². The fourth-order valence-corrected chi connectivity index (χ4v) is 3.56. The molecule has 0 saturated carbocycles. The van der Waals surface area contributed by atoms with Crippen molar-refractivity contribution in [1.29, 1.82) is 0 Å². The first-order valence-corrected chi connectivity index (χ1v) is 9.15. The molecule has 7 heteroatoms. The molecule has 0 aliphatic heterocycles. The minimum Gasteiger partial charge on any atom is -0.330 e. The van der Waals surface area contributed by atoms with Crippen LogP contribution in [-0.4, -0.2) is 21.9 Å². The van der Waals surface area contributed by atoms with Crippen LogP contribution in [-0.2, 0) is 4.79 Å². The quantitative estimate of drug-likeness (QED) is 0.644. The van der Waals surface area contributed by atoms with E-state index in [-0.39, 0.29) is 5.91 Å². The van der Waals surface area contributed by atoms with Gasteiger partial charge in [-0.25, -0.2) is 0 Å². The Balaban J connectivity index is 1.52. The van der Waals surface area contributed by atoms with Crippen molar-refractivity contribution in [3.05, 3.63) is 60.2 Å². The minimum absolute atomic E-state index is 0.0536. The van der Waals surface area contributed by atoms with E-state index < -0.39 is 0 Å². The summed E-state index contributed by atoms with van der Waals surface area (Å²) in [6.45, 7) is 1.97. The zero-order valence-corrected chi connectivity index (χ0v) is 14.7. The predicted molar refractivity (Wildman–Crippen MR) is 100 cm³/mol. The molecule has 0 fully saturated rings. The number of anilines is 3. The van der Waals surface area contributed by atoms with Gasteiger partial charge in [-0.2, -0.15) is 0 Å². The zero-order chi connectivity index (χ0) is 16.8. The van der Waals surface area contributed by atoms with Gasteiger partial charge >= 0.3 is 0 Å². The van der Waals surface area contributed by atoms with Crippen molar-refractivity contribution in [2.24, 2.45) is 0 Å². The molecular weight excluding hydrogens is 340 g/mol. The molecule has 0 unspecified atom stereocenters. The van der Waals surface area contributed by atoms with E-state index >= 15 is 0 Å². The molecule has 122 valence electrons. The number of amides is 1. The summed E-state index contributed by atoms with van der Waals surface area (Å²) in [6, 6.07) is 17.5. The lowest BCUT2D eigenvalue weighted by atomic mass is 10.2. The summed E-state index contributed by atoms with van der Waals surface area (Å²) in [5.74, 6) is 0.246. The third-order valence-electron chi connectivity index (χ3n) is 3.18. The normalized spacial score (nSPS) is 10.4. The molecule has 3 aromatic rings. The standard InChI is InChI=1S/C17H16N4OS2/c1-12-7-5-6-10-14(12)19-15(22)11-23-17-21-20-16(24-17)18-13-8-3-2-4-9-13/h2-10H,11H2,1H3,(H,18,20)(H,19,22). The number of nitrogens with one attached hydrogen (secondary N) is 2. The maximum Gasteiger partial charge on any atom is 0.234 e. The van der Waals surface area contributed by atoms with Crippen LogP contribution in [0.1, 0.15) is 5.56 Å². The summed E-state index contributed by atoms with van der Waals surface area (Å²) >= 11 is 2.81.